The second-order valence-corrected chi connectivity index (χ2v) is 6.20. The summed E-state index contributed by atoms with van der Waals surface area (Å²) in [6, 6.07) is 13.9. The van der Waals surface area contributed by atoms with E-state index in [0.717, 1.165) is 6.42 Å². The van der Waals surface area contributed by atoms with Gasteiger partial charge in [0.1, 0.15) is 0 Å². The van der Waals surface area contributed by atoms with Crippen molar-refractivity contribution >= 4 is 17.3 Å². The number of nitrogens with zero attached hydrogens (tertiary/aromatic N) is 3. The minimum atomic E-state index is -0.438. The normalized spacial score (nSPS) is 19.2. The van der Waals surface area contributed by atoms with E-state index in [1.54, 1.807) is 12.1 Å². The summed E-state index contributed by atoms with van der Waals surface area (Å²) in [5.41, 5.74) is 1.94. The zero-order valence-corrected chi connectivity index (χ0v) is 13.2. The standard InChI is InChI=1S/C17H12ClN3O3/c18-12-5-1-10(2-6-12)14-9-15(14)17-19-16(20-24-17)11-3-7-13(8-4-11)21(22)23/h1-8,14-15H,9H2. The van der Waals surface area contributed by atoms with Crippen LogP contribution in [0, 0.1) is 10.1 Å². The molecule has 0 spiro atoms. The second kappa shape index (κ2) is 5.72. The number of non-ortho nitro benzene ring substituents is 1. The summed E-state index contributed by atoms with van der Waals surface area (Å²) in [7, 11) is 0. The first-order chi connectivity index (χ1) is 11.6. The number of hydrogen-bond acceptors (Lipinski definition) is 5. The number of nitro groups is 1. The van der Waals surface area contributed by atoms with Crippen molar-refractivity contribution in [2.75, 3.05) is 0 Å². The van der Waals surface area contributed by atoms with Gasteiger partial charge in [-0.2, -0.15) is 4.98 Å². The fourth-order valence-electron chi connectivity index (χ4n) is 2.78. The number of nitro benzene ring substituents is 1. The van der Waals surface area contributed by atoms with Crippen molar-refractivity contribution < 1.29 is 9.45 Å². The van der Waals surface area contributed by atoms with Crippen molar-refractivity contribution in [2.24, 2.45) is 0 Å². The third kappa shape index (κ3) is 2.76. The topological polar surface area (TPSA) is 82.1 Å². The molecule has 0 aliphatic heterocycles. The predicted molar refractivity (Wildman–Crippen MR) is 87.9 cm³/mol. The second-order valence-electron chi connectivity index (χ2n) is 5.76. The van der Waals surface area contributed by atoms with Gasteiger partial charge in [-0.15, -0.1) is 0 Å². The Balaban J connectivity index is 1.51. The molecule has 6 nitrogen and oxygen atoms in total. The molecule has 0 N–H and O–H groups in total. The molecule has 1 saturated carbocycles. The molecule has 1 heterocycles. The molecule has 7 heteroatoms. The minimum absolute atomic E-state index is 0.0347. The molecule has 1 aliphatic carbocycles. The quantitative estimate of drug-likeness (QED) is 0.512. The van der Waals surface area contributed by atoms with Crippen molar-refractivity contribution in [3.8, 4) is 11.4 Å². The van der Waals surface area contributed by atoms with Gasteiger partial charge in [0, 0.05) is 28.6 Å². The van der Waals surface area contributed by atoms with E-state index in [1.807, 2.05) is 24.3 Å². The fraction of sp³-hybridized carbons (Fsp3) is 0.176. The number of halogens is 1. The van der Waals surface area contributed by atoms with E-state index < -0.39 is 4.92 Å². The van der Waals surface area contributed by atoms with Crippen LogP contribution in [-0.4, -0.2) is 15.1 Å². The van der Waals surface area contributed by atoms with Gasteiger partial charge in [-0.1, -0.05) is 28.9 Å². The minimum Gasteiger partial charge on any atom is -0.339 e. The molecule has 0 amide bonds. The first-order valence-corrected chi connectivity index (χ1v) is 7.83. The van der Waals surface area contributed by atoms with Crippen molar-refractivity contribution in [3.05, 3.63) is 75.1 Å². The highest BCUT2D eigenvalue weighted by Gasteiger charge is 2.43. The SMILES string of the molecule is O=[N+]([O-])c1ccc(-c2noc(C3CC3c3ccc(Cl)cc3)n2)cc1. The van der Waals surface area contributed by atoms with Crippen LogP contribution in [0.25, 0.3) is 11.4 Å². The van der Waals surface area contributed by atoms with Crippen LogP contribution in [-0.2, 0) is 0 Å². The molecule has 0 radical (unpaired) electrons. The van der Waals surface area contributed by atoms with E-state index >= 15 is 0 Å². The molecule has 0 saturated heterocycles. The van der Waals surface area contributed by atoms with Crippen LogP contribution in [0.2, 0.25) is 5.02 Å². The van der Waals surface area contributed by atoms with Gasteiger partial charge < -0.3 is 4.52 Å². The van der Waals surface area contributed by atoms with Gasteiger partial charge in [0.2, 0.25) is 11.7 Å². The maximum atomic E-state index is 10.7. The Morgan fingerprint density at radius 3 is 2.46 bits per heavy atom. The Hall–Kier alpha value is -2.73. The Morgan fingerprint density at radius 2 is 1.79 bits per heavy atom. The van der Waals surface area contributed by atoms with E-state index in [0.29, 0.717) is 28.2 Å². The van der Waals surface area contributed by atoms with Crippen molar-refractivity contribution in [1.29, 1.82) is 0 Å². The average molecular weight is 342 g/mol. The average Bonchev–Trinajstić information content (AvgIpc) is 3.24. The van der Waals surface area contributed by atoms with Crippen LogP contribution >= 0.6 is 11.6 Å². The van der Waals surface area contributed by atoms with Crippen LogP contribution in [0.1, 0.15) is 29.7 Å². The summed E-state index contributed by atoms with van der Waals surface area (Å²) in [4.78, 5) is 14.7. The Kier molecular flexibility index (Phi) is 3.54. The Labute approximate surface area is 142 Å². The molecular weight excluding hydrogens is 330 g/mol. The van der Waals surface area contributed by atoms with E-state index in [9.17, 15) is 10.1 Å². The number of benzene rings is 2. The largest absolute Gasteiger partial charge is 0.339 e. The molecule has 24 heavy (non-hydrogen) atoms. The van der Waals surface area contributed by atoms with Gasteiger partial charge in [0.25, 0.3) is 5.69 Å². The van der Waals surface area contributed by atoms with Gasteiger partial charge >= 0.3 is 0 Å². The van der Waals surface area contributed by atoms with Crippen molar-refractivity contribution in [1.82, 2.24) is 10.1 Å². The summed E-state index contributed by atoms with van der Waals surface area (Å²) < 4.78 is 5.38. The Morgan fingerprint density at radius 1 is 1.08 bits per heavy atom. The lowest BCUT2D eigenvalue weighted by Gasteiger charge is -1.98. The summed E-state index contributed by atoms with van der Waals surface area (Å²) in [5.74, 6) is 1.63. The van der Waals surface area contributed by atoms with Crippen LogP contribution in [0.15, 0.2) is 53.1 Å². The molecular formula is C17H12ClN3O3. The van der Waals surface area contributed by atoms with E-state index in [4.69, 9.17) is 16.1 Å². The van der Waals surface area contributed by atoms with Crippen LogP contribution in [0.3, 0.4) is 0 Å². The lowest BCUT2D eigenvalue weighted by molar-refractivity contribution is -0.384. The molecule has 2 aromatic carbocycles. The van der Waals surface area contributed by atoms with Gasteiger partial charge in [0.15, 0.2) is 0 Å². The maximum absolute atomic E-state index is 10.7. The highest BCUT2D eigenvalue weighted by Crippen LogP contribution is 2.54. The summed E-state index contributed by atoms with van der Waals surface area (Å²) in [5, 5.41) is 15.4. The van der Waals surface area contributed by atoms with Gasteiger partial charge in [-0.3, -0.25) is 10.1 Å². The van der Waals surface area contributed by atoms with Crippen LogP contribution in [0.4, 0.5) is 5.69 Å². The lowest BCUT2D eigenvalue weighted by atomic mass is 10.1. The van der Waals surface area contributed by atoms with Gasteiger partial charge in [-0.05, 0) is 42.2 Å². The summed E-state index contributed by atoms with van der Waals surface area (Å²) in [6.45, 7) is 0. The molecule has 120 valence electrons. The summed E-state index contributed by atoms with van der Waals surface area (Å²) in [6.07, 6.45) is 0.962. The van der Waals surface area contributed by atoms with E-state index in [2.05, 4.69) is 10.1 Å². The van der Waals surface area contributed by atoms with Gasteiger partial charge in [-0.25, -0.2) is 0 Å². The zero-order chi connectivity index (χ0) is 16.7. The fourth-order valence-corrected chi connectivity index (χ4v) is 2.91. The molecule has 4 rings (SSSR count). The van der Waals surface area contributed by atoms with Crippen molar-refractivity contribution in [2.45, 2.75) is 18.3 Å². The Bertz CT molecular complexity index is 890. The third-order valence-corrected chi connectivity index (χ3v) is 4.44. The molecule has 3 aromatic rings. The first kappa shape index (κ1) is 14.8. The van der Waals surface area contributed by atoms with E-state index in [-0.39, 0.29) is 11.6 Å². The number of hydrogen-bond donors (Lipinski definition) is 0. The van der Waals surface area contributed by atoms with Crippen molar-refractivity contribution in [3.63, 3.8) is 0 Å². The molecule has 0 bridgehead atoms. The maximum Gasteiger partial charge on any atom is 0.269 e. The number of rotatable bonds is 4. The number of aromatic nitrogens is 2. The smallest absolute Gasteiger partial charge is 0.269 e. The highest BCUT2D eigenvalue weighted by atomic mass is 35.5. The monoisotopic (exact) mass is 341 g/mol. The molecule has 1 fully saturated rings. The lowest BCUT2D eigenvalue weighted by Crippen LogP contribution is -1.88. The third-order valence-electron chi connectivity index (χ3n) is 4.18. The van der Waals surface area contributed by atoms with Crippen LogP contribution < -0.4 is 0 Å². The highest BCUT2D eigenvalue weighted by molar-refractivity contribution is 6.30. The molecule has 2 atom stereocenters. The molecule has 1 aliphatic rings. The summed E-state index contributed by atoms with van der Waals surface area (Å²) >= 11 is 5.91. The molecule has 1 aromatic heterocycles. The zero-order valence-electron chi connectivity index (χ0n) is 12.4. The molecule has 2 unspecified atom stereocenters. The van der Waals surface area contributed by atoms with Crippen LogP contribution in [0.5, 0.6) is 0 Å². The predicted octanol–water partition coefficient (Wildman–Crippen LogP) is 4.57. The van der Waals surface area contributed by atoms with Gasteiger partial charge in [0.05, 0.1) is 4.92 Å². The first-order valence-electron chi connectivity index (χ1n) is 7.46. The van der Waals surface area contributed by atoms with E-state index in [1.165, 1.54) is 17.7 Å².